The smallest absolute Gasteiger partial charge is 0.254 e. The molecule has 4 rings (SSSR count). The normalized spacial score (nSPS) is 26.3. The van der Waals surface area contributed by atoms with E-state index in [1.807, 2.05) is 12.1 Å². The van der Waals surface area contributed by atoms with Gasteiger partial charge >= 0.3 is 0 Å². The van der Waals surface area contributed by atoms with Gasteiger partial charge in [-0.05, 0) is 61.4 Å². The van der Waals surface area contributed by atoms with E-state index in [1.54, 1.807) is 24.5 Å². The van der Waals surface area contributed by atoms with Crippen LogP contribution in [0.3, 0.4) is 0 Å². The zero-order valence-electron chi connectivity index (χ0n) is 12.9. The monoisotopic (exact) mass is 310 g/mol. The number of piperidine rings is 1. The molecule has 118 valence electrons. The molecule has 0 N–H and O–H groups in total. The van der Waals surface area contributed by atoms with E-state index in [4.69, 9.17) is 0 Å². The lowest BCUT2D eigenvalue weighted by molar-refractivity contribution is 0.0571. The van der Waals surface area contributed by atoms with Crippen molar-refractivity contribution in [2.45, 2.75) is 43.7 Å². The summed E-state index contributed by atoms with van der Waals surface area (Å²) in [6, 6.07) is 11.0. The first kappa shape index (κ1) is 14.4. The molecule has 2 fully saturated rings. The first-order chi connectivity index (χ1) is 11.2. The van der Waals surface area contributed by atoms with Gasteiger partial charge in [0, 0.05) is 30.0 Å². The average Bonchev–Trinajstić information content (AvgIpc) is 2.85. The van der Waals surface area contributed by atoms with Gasteiger partial charge in [0.1, 0.15) is 5.82 Å². The number of carbonyl (C=O) groups excluding carboxylic acids is 1. The maximum atomic E-state index is 13.1. The number of pyridine rings is 1. The summed E-state index contributed by atoms with van der Waals surface area (Å²) in [5.74, 6) is 0.356. The Morgan fingerprint density at radius 1 is 1.00 bits per heavy atom. The van der Waals surface area contributed by atoms with Crippen molar-refractivity contribution in [2.24, 2.45) is 0 Å². The summed E-state index contributed by atoms with van der Waals surface area (Å²) in [7, 11) is 0. The molecular weight excluding hydrogens is 291 g/mol. The third kappa shape index (κ3) is 2.62. The van der Waals surface area contributed by atoms with Gasteiger partial charge in [0.15, 0.2) is 0 Å². The van der Waals surface area contributed by atoms with Gasteiger partial charge in [0.25, 0.3) is 5.91 Å². The van der Waals surface area contributed by atoms with Gasteiger partial charge in [-0.15, -0.1) is 0 Å². The zero-order valence-corrected chi connectivity index (χ0v) is 12.9. The van der Waals surface area contributed by atoms with Crippen LogP contribution in [0.2, 0.25) is 0 Å². The van der Waals surface area contributed by atoms with Crippen LogP contribution in [0, 0.1) is 5.82 Å². The summed E-state index contributed by atoms with van der Waals surface area (Å²) in [6.07, 6.45) is 7.41. The standard InChI is InChI=1S/C19H19FN2O/c20-16-3-1-13(2-4-16)15-11-17-5-6-18(12-15)22(17)19(23)14-7-9-21-10-8-14/h1-4,7-10,15,17-18H,5-6,11-12H2/t17-,18-/m0/s1. The summed E-state index contributed by atoms with van der Waals surface area (Å²) >= 11 is 0. The maximum absolute atomic E-state index is 13.1. The van der Waals surface area contributed by atoms with E-state index in [9.17, 15) is 9.18 Å². The van der Waals surface area contributed by atoms with Crippen LogP contribution in [0.25, 0.3) is 0 Å². The van der Waals surface area contributed by atoms with E-state index in [0.29, 0.717) is 18.0 Å². The Morgan fingerprint density at radius 3 is 2.22 bits per heavy atom. The summed E-state index contributed by atoms with van der Waals surface area (Å²) in [6.45, 7) is 0. The van der Waals surface area contributed by atoms with Crippen LogP contribution in [0.1, 0.15) is 47.5 Å². The Labute approximate surface area is 135 Å². The number of halogens is 1. The highest BCUT2D eigenvalue weighted by Crippen LogP contribution is 2.43. The minimum absolute atomic E-state index is 0.123. The Balaban J connectivity index is 1.54. The molecule has 2 aliphatic heterocycles. The molecule has 0 saturated carbocycles. The van der Waals surface area contributed by atoms with E-state index in [-0.39, 0.29) is 11.7 Å². The quantitative estimate of drug-likeness (QED) is 0.846. The second-order valence-electron chi connectivity index (χ2n) is 6.55. The Kier molecular flexibility index (Phi) is 3.60. The van der Waals surface area contributed by atoms with E-state index >= 15 is 0 Å². The van der Waals surface area contributed by atoms with Crippen LogP contribution < -0.4 is 0 Å². The number of hydrogen-bond donors (Lipinski definition) is 0. The molecule has 2 bridgehead atoms. The predicted octanol–water partition coefficient (Wildman–Crippen LogP) is 3.77. The van der Waals surface area contributed by atoms with Crippen molar-refractivity contribution in [3.63, 3.8) is 0 Å². The van der Waals surface area contributed by atoms with Gasteiger partial charge in [-0.3, -0.25) is 9.78 Å². The molecule has 3 heterocycles. The van der Waals surface area contributed by atoms with Gasteiger partial charge in [0.05, 0.1) is 0 Å². The molecule has 23 heavy (non-hydrogen) atoms. The summed E-state index contributed by atoms with van der Waals surface area (Å²) in [5.41, 5.74) is 1.91. The van der Waals surface area contributed by atoms with Crippen LogP contribution >= 0.6 is 0 Å². The molecule has 1 aromatic carbocycles. The van der Waals surface area contributed by atoms with E-state index in [0.717, 1.165) is 31.2 Å². The zero-order chi connectivity index (χ0) is 15.8. The fourth-order valence-electron chi connectivity index (χ4n) is 4.16. The van der Waals surface area contributed by atoms with Crippen molar-refractivity contribution >= 4 is 5.91 Å². The number of hydrogen-bond acceptors (Lipinski definition) is 2. The van der Waals surface area contributed by atoms with E-state index in [1.165, 1.54) is 17.7 Å². The highest BCUT2D eigenvalue weighted by atomic mass is 19.1. The van der Waals surface area contributed by atoms with Gasteiger partial charge in [0.2, 0.25) is 0 Å². The molecule has 0 radical (unpaired) electrons. The van der Waals surface area contributed by atoms with Gasteiger partial charge < -0.3 is 4.90 Å². The molecule has 3 nitrogen and oxygen atoms in total. The fourth-order valence-corrected chi connectivity index (χ4v) is 4.16. The molecule has 1 amide bonds. The van der Waals surface area contributed by atoms with Crippen LogP contribution in [0.5, 0.6) is 0 Å². The lowest BCUT2D eigenvalue weighted by Crippen LogP contribution is -2.46. The molecule has 4 heteroatoms. The Hall–Kier alpha value is -2.23. The molecule has 0 spiro atoms. The largest absolute Gasteiger partial charge is 0.333 e. The number of aromatic nitrogens is 1. The minimum atomic E-state index is -0.193. The Bertz CT molecular complexity index is 687. The molecular formula is C19H19FN2O. The van der Waals surface area contributed by atoms with Crippen LogP contribution in [0.15, 0.2) is 48.8 Å². The fraction of sp³-hybridized carbons (Fsp3) is 0.368. The summed E-state index contributed by atoms with van der Waals surface area (Å²) in [4.78, 5) is 18.9. The van der Waals surface area contributed by atoms with E-state index in [2.05, 4.69) is 9.88 Å². The van der Waals surface area contributed by atoms with Crippen molar-refractivity contribution in [2.75, 3.05) is 0 Å². The lowest BCUT2D eigenvalue weighted by atomic mass is 9.85. The van der Waals surface area contributed by atoms with Gasteiger partial charge in [-0.1, -0.05) is 12.1 Å². The van der Waals surface area contributed by atoms with Crippen LogP contribution in [0.4, 0.5) is 4.39 Å². The number of amides is 1. The number of carbonyl (C=O) groups is 1. The van der Waals surface area contributed by atoms with Crippen molar-refractivity contribution < 1.29 is 9.18 Å². The highest BCUT2D eigenvalue weighted by Gasteiger charge is 2.43. The number of fused-ring (bicyclic) bond motifs is 2. The first-order valence-electron chi connectivity index (χ1n) is 8.20. The second-order valence-corrected chi connectivity index (χ2v) is 6.55. The SMILES string of the molecule is O=C(c1ccncc1)N1[C@H]2CC[C@H]1CC(c1ccc(F)cc1)C2. The molecule has 2 aliphatic rings. The second kappa shape index (κ2) is 5.76. The van der Waals surface area contributed by atoms with Crippen molar-refractivity contribution in [1.29, 1.82) is 0 Å². The van der Waals surface area contributed by atoms with Crippen LogP contribution in [-0.2, 0) is 0 Å². The van der Waals surface area contributed by atoms with Crippen molar-refractivity contribution in [3.05, 3.63) is 65.7 Å². The van der Waals surface area contributed by atoms with Crippen molar-refractivity contribution in [3.8, 4) is 0 Å². The lowest BCUT2D eigenvalue weighted by Gasteiger charge is -2.39. The summed E-state index contributed by atoms with van der Waals surface area (Å²) < 4.78 is 13.1. The molecule has 0 aliphatic carbocycles. The Morgan fingerprint density at radius 2 is 1.61 bits per heavy atom. The molecule has 2 aromatic rings. The third-order valence-electron chi connectivity index (χ3n) is 5.24. The van der Waals surface area contributed by atoms with Gasteiger partial charge in [-0.25, -0.2) is 4.39 Å². The molecule has 2 atom stereocenters. The molecule has 0 unspecified atom stereocenters. The summed E-state index contributed by atoms with van der Waals surface area (Å²) in [5, 5.41) is 0. The topological polar surface area (TPSA) is 33.2 Å². The minimum Gasteiger partial charge on any atom is -0.333 e. The van der Waals surface area contributed by atoms with E-state index < -0.39 is 0 Å². The predicted molar refractivity (Wildman–Crippen MR) is 85.6 cm³/mol. The average molecular weight is 310 g/mol. The van der Waals surface area contributed by atoms with Gasteiger partial charge in [-0.2, -0.15) is 0 Å². The van der Waals surface area contributed by atoms with Crippen LogP contribution in [-0.4, -0.2) is 27.9 Å². The first-order valence-corrected chi connectivity index (χ1v) is 8.20. The van der Waals surface area contributed by atoms with Crippen molar-refractivity contribution in [1.82, 2.24) is 9.88 Å². The number of benzene rings is 1. The molecule has 2 saturated heterocycles. The molecule has 1 aromatic heterocycles. The maximum Gasteiger partial charge on any atom is 0.254 e. The number of rotatable bonds is 2. The highest BCUT2D eigenvalue weighted by molar-refractivity contribution is 5.94. The number of nitrogens with zero attached hydrogens (tertiary/aromatic N) is 2. The third-order valence-corrected chi connectivity index (χ3v) is 5.24.